The van der Waals surface area contributed by atoms with Gasteiger partial charge in [-0.25, -0.2) is 4.79 Å². The summed E-state index contributed by atoms with van der Waals surface area (Å²) in [5, 5.41) is 13.3. The number of nitrogens with zero attached hydrogens (tertiary/aromatic N) is 1. The molecule has 2 aromatic rings. The Hall–Kier alpha value is -2.34. The Morgan fingerprint density at radius 3 is 2.50 bits per heavy atom. The van der Waals surface area contributed by atoms with Gasteiger partial charge in [-0.3, -0.25) is 20.0 Å². The van der Waals surface area contributed by atoms with Crippen LogP contribution in [-0.4, -0.2) is 46.4 Å². The molecule has 8 nitrogen and oxygen atoms in total. The molecule has 1 atom stereocenters. The minimum atomic E-state index is -1.00. The van der Waals surface area contributed by atoms with Gasteiger partial charge in [-0.2, -0.15) is 0 Å². The highest BCUT2D eigenvalue weighted by Gasteiger charge is 2.24. The lowest BCUT2D eigenvalue weighted by atomic mass is 10.1. The molecule has 2 rings (SSSR count). The number of hydrogen-bond donors (Lipinski definition) is 3. The van der Waals surface area contributed by atoms with Crippen LogP contribution in [0.4, 0.5) is 4.79 Å². The third-order valence-electron chi connectivity index (χ3n) is 4.04. The van der Waals surface area contributed by atoms with Gasteiger partial charge in [-0.1, -0.05) is 52.3 Å². The van der Waals surface area contributed by atoms with Crippen molar-refractivity contribution in [3.05, 3.63) is 63.2 Å². The molecule has 0 unspecified atom stereocenters. The molecule has 0 heterocycles. The van der Waals surface area contributed by atoms with Crippen LogP contribution in [0.15, 0.2) is 48.5 Å². The number of amides is 3. The van der Waals surface area contributed by atoms with Crippen LogP contribution in [0, 0.1) is 3.57 Å². The summed E-state index contributed by atoms with van der Waals surface area (Å²) in [4.78, 5) is 36.7. The lowest BCUT2D eigenvalue weighted by Crippen LogP contribution is -2.54. The predicted molar refractivity (Wildman–Crippen MR) is 123 cm³/mol. The molecule has 0 aliphatic heterocycles. The molecule has 0 saturated carbocycles. The van der Waals surface area contributed by atoms with Crippen LogP contribution in [0.2, 0.25) is 0 Å². The number of phenolic OH excluding ortho intramolecular Hbond substituents is 1. The fourth-order valence-electron chi connectivity index (χ4n) is 2.42. The Kier molecular flexibility index (Phi) is 9.37. The molecule has 0 aromatic heterocycles. The summed E-state index contributed by atoms with van der Waals surface area (Å²) in [7, 11) is 1.41. The van der Waals surface area contributed by atoms with Gasteiger partial charge in [-0.15, -0.1) is 0 Å². The van der Waals surface area contributed by atoms with Crippen LogP contribution in [0.5, 0.6) is 5.75 Å². The number of carbonyl (C=O) groups excluding carboxylic acids is 3. The zero-order valence-corrected chi connectivity index (χ0v) is 19.8. The number of rotatable bonds is 7. The number of nitrogens with one attached hydrogen (secondary N) is 2. The lowest BCUT2D eigenvalue weighted by molar-refractivity contribution is -0.138. The molecular formula is C20H21BrIN3O5. The van der Waals surface area contributed by atoms with Gasteiger partial charge in [0, 0.05) is 13.5 Å². The van der Waals surface area contributed by atoms with E-state index < -0.39 is 18.0 Å². The first-order valence-electron chi connectivity index (χ1n) is 8.87. The summed E-state index contributed by atoms with van der Waals surface area (Å²) in [6.07, 6.45) is -0.624. The SMILES string of the molecule is CN(NC(=O)[C@H](Cc1ccc(O)c(I)c1)NC(=O)OCc1ccccc1)C(=O)CBr. The molecule has 3 N–H and O–H groups in total. The fraction of sp³-hybridized carbons (Fsp3) is 0.250. The van der Waals surface area contributed by atoms with Gasteiger partial charge in [0.1, 0.15) is 18.4 Å². The van der Waals surface area contributed by atoms with Gasteiger partial charge in [0.15, 0.2) is 0 Å². The summed E-state index contributed by atoms with van der Waals surface area (Å²) < 4.78 is 5.82. The molecule has 0 bridgehead atoms. The maximum atomic E-state index is 12.7. The zero-order valence-electron chi connectivity index (χ0n) is 16.1. The maximum Gasteiger partial charge on any atom is 0.408 e. The summed E-state index contributed by atoms with van der Waals surface area (Å²) in [5.41, 5.74) is 3.98. The van der Waals surface area contributed by atoms with Crippen molar-refractivity contribution in [3.63, 3.8) is 0 Å². The average molecular weight is 590 g/mol. The molecule has 0 saturated heterocycles. The first-order valence-corrected chi connectivity index (χ1v) is 11.1. The second-order valence-corrected chi connectivity index (χ2v) is 8.03. The average Bonchev–Trinajstić information content (AvgIpc) is 2.74. The number of hydrogen-bond acceptors (Lipinski definition) is 5. The van der Waals surface area contributed by atoms with E-state index in [-0.39, 0.29) is 30.0 Å². The van der Waals surface area contributed by atoms with Crippen LogP contribution in [0.1, 0.15) is 11.1 Å². The molecule has 3 amide bonds. The van der Waals surface area contributed by atoms with E-state index in [2.05, 4.69) is 26.7 Å². The minimum absolute atomic E-state index is 0.0388. The predicted octanol–water partition coefficient (Wildman–Crippen LogP) is 2.72. The Morgan fingerprint density at radius 2 is 1.87 bits per heavy atom. The minimum Gasteiger partial charge on any atom is -0.507 e. The van der Waals surface area contributed by atoms with Crippen molar-refractivity contribution in [2.24, 2.45) is 0 Å². The smallest absolute Gasteiger partial charge is 0.408 e. The van der Waals surface area contributed by atoms with Crippen molar-refractivity contribution in [2.75, 3.05) is 12.4 Å². The van der Waals surface area contributed by atoms with Crippen molar-refractivity contribution in [2.45, 2.75) is 19.1 Å². The standard InChI is InChI=1S/C20H21BrIN3O5/c1-25(18(27)11-21)24-19(28)16(10-14-7-8-17(26)15(22)9-14)23-20(29)30-12-13-5-3-2-4-6-13/h2-9,16,26H,10-12H2,1H3,(H,23,29)(H,24,28)/t16-/m0/s1. The maximum absolute atomic E-state index is 12.7. The van der Waals surface area contributed by atoms with Crippen LogP contribution >= 0.6 is 38.5 Å². The number of alkyl carbamates (subject to hydrolysis) is 1. The molecule has 0 aliphatic carbocycles. The van der Waals surface area contributed by atoms with Crippen LogP contribution in [0.25, 0.3) is 0 Å². The van der Waals surface area contributed by atoms with Crippen LogP contribution in [-0.2, 0) is 27.4 Å². The Labute approximate surface area is 196 Å². The highest BCUT2D eigenvalue weighted by Crippen LogP contribution is 2.21. The van der Waals surface area contributed by atoms with Gasteiger partial charge in [-0.05, 0) is 45.9 Å². The van der Waals surface area contributed by atoms with E-state index in [0.29, 0.717) is 3.57 Å². The number of ether oxygens (including phenoxy) is 1. The molecule has 0 spiro atoms. The summed E-state index contributed by atoms with van der Waals surface area (Å²) in [6, 6.07) is 13.0. The number of hydrazine groups is 1. The number of alkyl halides is 1. The zero-order chi connectivity index (χ0) is 22.1. The van der Waals surface area contributed by atoms with E-state index >= 15 is 0 Å². The van der Waals surface area contributed by atoms with Gasteiger partial charge >= 0.3 is 6.09 Å². The lowest BCUT2D eigenvalue weighted by Gasteiger charge is -2.23. The molecule has 0 radical (unpaired) electrons. The van der Waals surface area contributed by atoms with Crippen molar-refractivity contribution in [1.82, 2.24) is 15.8 Å². The van der Waals surface area contributed by atoms with Crippen LogP contribution < -0.4 is 10.7 Å². The van der Waals surface area contributed by atoms with Crippen LogP contribution in [0.3, 0.4) is 0 Å². The largest absolute Gasteiger partial charge is 0.507 e. The number of aromatic hydroxyl groups is 1. The Balaban J connectivity index is 2.08. The second kappa shape index (κ2) is 11.7. The number of phenols is 1. The van der Waals surface area contributed by atoms with Gasteiger partial charge in [0.05, 0.1) is 8.90 Å². The molecular weight excluding hydrogens is 569 g/mol. The first kappa shape index (κ1) is 23.9. The molecule has 2 aromatic carbocycles. The van der Waals surface area contributed by atoms with Gasteiger partial charge < -0.3 is 15.2 Å². The van der Waals surface area contributed by atoms with Crippen molar-refractivity contribution in [3.8, 4) is 5.75 Å². The second-order valence-electron chi connectivity index (χ2n) is 6.31. The van der Waals surface area contributed by atoms with E-state index in [1.54, 1.807) is 12.1 Å². The fourth-order valence-corrected chi connectivity index (χ4v) is 3.38. The number of carbonyl (C=O) groups is 3. The third kappa shape index (κ3) is 7.48. The Morgan fingerprint density at radius 1 is 1.17 bits per heavy atom. The summed E-state index contributed by atoms with van der Waals surface area (Å²) in [5.74, 6) is -0.808. The highest BCUT2D eigenvalue weighted by molar-refractivity contribution is 14.1. The van der Waals surface area contributed by atoms with Gasteiger partial charge in [0.2, 0.25) is 0 Å². The van der Waals surface area contributed by atoms with Crippen molar-refractivity contribution >= 4 is 56.4 Å². The number of benzene rings is 2. The van der Waals surface area contributed by atoms with Crippen molar-refractivity contribution < 1.29 is 24.2 Å². The molecule has 0 aliphatic rings. The van der Waals surface area contributed by atoms with E-state index in [0.717, 1.165) is 16.1 Å². The normalized spacial score (nSPS) is 11.3. The quantitative estimate of drug-likeness (QED) is 0.261. The highest BCUT2D eigenvalue weighted by atomic mass is 127. The first-order chi connectivity index (χ1) is 14.3. The van der Waals surface area contributed by atoms with Gasteiger partial charge in [0.25, 0.3) is 11.8 Å². The van der Waals surface area contributed by atoms with E-state index in [9.17, 15) is 19.5 Å². The van der Waals surface area contributed by atoms with E-state index in [4.69, 9.17) is 4.74 Å². The van der Waals surface area contributed by atoms with Crippen molar-refractivity contribution in [1.29, 1.82) is 0 Å². The third-order valence-corrected chi connectivity index (χ3v) is 5.38. The number of halogens is 2. The summed E-state index contributed by atoms with van der Waals surface area (Å²) in [6.45, 7) is 0.0557. The molecule has 0 fully saturated rings. The Bertz CT molecular complexity index is 897. The molecule has 30 heavy (non-hydrogen) atoms. The summed E-state index contributed by atoms with van der Waals surface area (Å²) >= 11 is 5.01. The van der Waals surface area contributed by atoms with E-state index in [1.165, 1.54) is 13.1 Å². The van der Waals surface area contributed by atoms with E-state index in [1.807, 2.05) is 52.9 Å². The topological polar surface area (TPSA) is 108 Å². The molecule has 10 heteroatoms. The monoisotopic (exact) mass is 589 g/mol. The molecule has 160 valence electrons.